The number of halogens is 3. The highest BCUT2D eigenvalue weighted by Gasteiger charge is 2.36. The number of nitrogen functional groups attached to an aromatic ring is 1. The molecule has 2 heterocycles. The molecule has 4 rings (SSSR count). The van der Waals surface area contributed by atoms with Crippen LogP contribution in [0.5, 0.6) is 0 Å². The number of hydrogen-bond acceptors (Lipinski definition) is 4. The molecule has 5 nitrogen and oxygen atoms in total. The number of rotatable bonds is 4. The van der Waals surface area contributed by atoms with Gasteiger partial charge >= 0.3 is 6.18 Å². The van der Waals surface area contributed by atoms with E-state index in [0.29, 0.717) is 37.6 Å². The third kappa shape index (κ3) is 4.54. The highest BCUT2D eigenvalue weighted by Crippen LogP contribution is 2.38. The topological polar surface area (TPSA) is 58.8 Å². The first kappa shape index (κ1) is 21.3. The van der Waals surface area contributed by atoms with Gasteiger partial charge in [-0.2, -0.15) is 13.2 Å². The Hall–Kier alpha value is -1.94. The van der Waals surface area contributed by atoms with E-state index in [-0.39, 0.29) is 16.5 Å². The molecule has 2 aliphatic heterocycles. The summed E-state index contributed by atoms with van der Waals surface area (Å²) < 4.78 is 61.5. The predicted molar refractivity (Wildman–Crippen MR) is 110 cm³/mol. The molecule has 2 unspecified atom stereocenters. The van der Waals surface area contributed by atoms with Crippen molar-refractivity contribution in [2.24, 2.45) is 0 Å². The quantitative estimate of drug-likeness (QED) is 0.742. The molecule has 0 spiro atoms. The Morgan fingerprint density at radius 2 is 1.73 bits per heavy atom. The van der Waals surface area contributed by atoms with Gasteiger partial charge in [0, 0.05) is 37.9 Å². The van der Waals surface area contributed by atoms with Crippen LogP contribution in [0, 0.1) is 0 Å². The minimum absolute atomic E-state index is 0.0517. The summed E-state index contributed by atoms with van der Waals surface area (Å²) in [5.41, 5.74) is 5.81. The molecule has 0 amide bonds. The van der Waals surface area contributed by atoms with Gasteiger partial charge in [0.15, 0.2) is 0 Å². The van der Waals surface area contributed by atoms with Crippen LogP contribution in [0.4, 0.5) is 18.9 Å². The fraction of sp³-hybridized carbons (Fsp3) is 0.429. The zero-order valence-electron chi connectivity index (χ0n) is 16.4. The van der Waals surface area contributed by atoms with E-state index >= 15 is 0 Å². The lowest BCUT2D eigenvalue weighted by Crippen LogP contribution is -2.44. The monoisotopic (exact) mass is 439 g/mol. The van der Waals surface area contributed by atoms with Gasteiger partial charge in [0.1, 0.15) is 11.0 Å². The van der Waals surface area contributed by atoms with Crippen LogP contribution in [0.3, 0.4) is 0 Å². The summed E-state index contributed by atoms with van der Waals surface area (Å²) in [6.45, 7) is 4.20. The maximum Gasteiger partial charge on any atom is 0.417 e. The normalized spacial score (nSPS) is 22.3. The van der Waals surface area contributed by atoms with Gasteiger partial charge in [-0.15, -0.1) is 0 Å². The fourth-order valence-corrected chi connectivity index (χ4v) is 5.31. The van der Waals surface area contributed by atoms with Gasteiger partial charge in [-0.05, 0) is 41.8 Å². The predicted octanol–water partition coefficient (Wildman–Crippen LogP) is 3.38. The van der Waals surface area contributed by atoms with Crippen molar-refractivity contribution in [2.75, 3.05) is 45.1 Å². The second-order valence-corrected chi connectivity index (χ2v) is 9.04. The van der Waals surface area contributed by atoms with E-state index in [4.69, 9.17) is 10.5 Å². The van der Waals surface area contributed by atoms with Crippen LogP contribution < -0.4 is 5.73 Å². The van der Waals surface area contributed by atoms with Crippen molar-refractivity contribution in [1.82, 2.24) is 9.21 Å². The largest absolute Gasteiger partial charge is 0.417 e. The Labute approximate surface area is 176 Å². The van der Waals surface area contributed by atoms with Crippen molar-refractivity contribution in [1.29, 1.82) is 0 Å². The van der Waals surface area contributed by atoms with E-state index in [1.54, 1.807) is 28.6 Å². The second-order valence-electron chi connectivity index (χ2n) is 7.56. The Morgan fingerprint density at radius 1 is 1.03 bits per heavy atom. The summed E-state index contributed by atoms with van der Waals surface area (Å²) in [6, 6.07) is 10.5. The van der Waals surface area contributed by atoms with Gasteiger partial charge in [0.05, 0.1) is 23.7 Å². The number of ether oxygens (including phenoxy) is 1. The Kier molecular flexibility index (Phi) is 6.15. The molecule has 162 valence electrons. The molecule has 2 atom stereocenters. The summed E-state index contributed by atoms with van der Waals surface area (Å²) in [5.74, 6) is 0. The summed E-state index contributed by atoms with van der Waals surface area (Å²) in [7, 11) is -1.64. The first-order valence-electron chi connectivity index (χ1n) is 9.89. The fourth-order valence-electron chi connectivity index (χ4n) is 4.03. The van der Waals surface area contributed by atoms with Gasteiger partial charge < -0.3 is 10.5 Å². The maximum absolute atomic E-state index is 13.8. The van der Waals surface area contributed by atoms with Crippen LogP contribution in [0.1, 0.15) is 12.0 Å². The second kappa shape index (κ2) is 8.66. The van der Waals surface area contributed by atoms with E-state index in [0.717, 1.165) is 25.6 Å². The van der Waals surface area contributed by atoms with E-state index in [1.165, 1.54) is 12.1 Å². The van der Waals surface area contributed by atoms with E-state index in [9.17, 15) is 17.4 Å². The van der Waals surface area contributed by atoms with Crippen LogP contribution >= 0.6 is 0 Å². The summed E-state index contributed by atoms with van der Waals surface area (Å²) >= 11 is 0. The van der Waals surface area contributed by atoms with E-state index in [2.05, 4.69) is 4.90 Å². The van der Waals surface area contributed by atoms with Crippen LogP contribution in [-0.2, 0) is 21.9 Å². The molecule has 2 aromatic rings. The zero-order valence-corrected chi connectivity index (χ0v) is 17.2. The minimum atomic E-state index is -4.56. The number of morpholine rings is 1. The van der Waals surface area contributed by atoms with Crippen LogP contribution in [0.15, 0.2) is 47.4 Å². The van der Waals surface area contributed by atoms with Crippen molar-refractivity contribution in [3.8, 4) is 11.1 Å². The van der Waals surface area contributed by atoms with Crippen LogP contribution in [0.25, 0.3) is 11.1 Å². The average Bonchev–Trinajstić information content (AvgIpc) is 3.24. The molecule has 2 N–H and O–H groups in total. The molecule has 0 radical (unpaired) electrons. The van der Waals surface area contributed by atoms with Gasteiger partial charge in [-0.25, -0.2) is 8.51 Å². The van der Waals surface area contributed by atoms with Crippen molar-refractivity contribution < 1.29 is 22.1 Å². The summed E-state index contributed by atoms with van der Waals surface area (Å²) in [5, 5.41) is 0. The minimum Gasteiger partial charge on any atom is -0.399 e. The van der Waals surface area contributed by atoms with Crippen molar-refractivity contribution in [2.45, 2.75) is 23.5 Å². The van der Waals surface area contributed by atoms with E-state index < -0.39 is 22.7 Å². The maximum atomic E-state index is 13.8. The molecule has 2 aliphatic rings. The SMILES string of the molecule is Nc1ccc(-c2ccc(S(=O)N3CCC(N4CCOCC4)C3)cc2C(F)(F)F)cc1. The third-order valence-corrected chi connectivity index (χ3v) is 7.10. The van der Waals surface area contributed by atoms with E-state index in [1.807, 2.05) is 0 Å². The number of alkyl halides is 3. The molecule has 0 saturated carbocycles. The Balaban J connectivity index is 1.57. The molecule has 2 saturated heterocycles. The zero-order chi connectivity index (χ0) is 21.3. The van der Waals surface area contributed by atoms with Crippen molar-refractivity contribution in [3.63, 3.8) is 0 Å². The molecule has 0 aromatic heterocycles. The molecule has 2 fully saturated rings. The van der Waals surface area contributed by atoms with Crippen LogP contribution in [0.2, 0.25) is 0 Å². The molecule has 0 aliphatic carbocycles. The first-order valence-corrected chi connectivity index (χ1v) is 11.0. The number of benzene rings is 2. The van der Waals surface area contributed by atoms with Gasteiger partial charge in [-0.1, -0.05) is 18.2 Å². The first-order chi connectivity index (χ1) is 14.3. The summed E-state index contributed by atoms with van der Waals surface area (Å²) in [6.07, 6.45) is -3.71. The lowest BCUT2D eigenvalue weighted by molar-refractivity contribution is -0.137. The number of nitrogens with zero attached hydrogens (tertiary/aromatic N) is 2. The standard InChI is InChI=1S/C21H24F3N3O2S/c22-21(23,24)20-13-18(5-6-19(20)15-1-3-16(25)4-2-15)30(28)27-8-7-17(14-27)26-9-11-29-12-10-26/h1-6,13,17H,7-12,14,25H2. The molecular weight excluding hydrogens is 415 g/mol. The molecule has 9 heteroatoms. The number of nitrogens with two attached hydrogens (primary N) is 1. The van der Waals surface area contributed by atoms with Crippen molar-refractivity contribution >= 4 is 16.7 Å². The average molecular weight is 440 g/mol. The lowest BCUT2D eigenvalue weighted by Gasteiger charge is -2.32. The smallest absolute Gasteiger partial charge is 0.399 e. The Bertz CT molecular complexity index is 915. The van der Waals surface area contributed by atoms with Gasteiger partial charge in [-0.3, -0.25) is 4.90 Å². The Morgan fingerprint density at radius 3 is 2.40 bits per heavy atom. The van der Waals surface area contributed by atoms with Crippen molar-refractivity contribution in [3.05, 3.63) is 48.0 Å². The molecular formula is C21H24F3N3O2S. The lowest BCUT2D eigenvalue weighted by atomic mass is 9.99. The summed E-state index contributed by atoms with van der Waals surface area (Å²) in [4.78, 5) is 2.48. The highest BCUT2D eigenvalue weighted by atomic mass is 32.2. The molecule has 2 aromatic carbocycles. The number of hydrogen-bond donors (Lipinski definition) is 1. The molecule has 0 bridgehead atoms. The molecule has 30 heavy (non-hydrogen) atoms. The number of anilines is 1. The van der Waals surface area contributed by atoms with Gasteiger partial charge in [0.25, 0.3) is 0 Å². The van der Waals surface area contributed by atoms with Crippen LogP contribution in [-0.4, -0.2) is 58.8 Å². The highest BCUT2D eigenvalue weighted by molar-refractivity contribution is 7.82. The third-order valence-electron chi connectivity index (χ3n) is 5.64. The van der Waals surface area contributed by atoms with Gasteiger partial charge in [0.2, 0.25) is 0 Å².